The highest BCUT2D eigenvalue weighted by Gasteiger charge is 2.24. The van der Waals surface area contributed by atoms with Gasteiger partial charge in [-0.1, -0.05) is 18.2 Å². The summed E-state index contributed by atoms with van der Waals surface area (Å²) in [7, 11) is 0. The molecule has 2 heterocycles. The van der Waals surface area contributed by atoms with E-state index in [1.165, 1.54) is 0 Å². The maximum absolute atomic E-state index is 12.5. The van der Waals surface area contributed by atoms with Gasteiger partial charge in [-0.25, -0.2) is 4.98 Å². The van der Waals surface area contributed by atoms with Crippen LogP contribution in [-0.2, 0) is 0 Å². The zero-order chi connectivity index (χ0) is 17.1. The molecular formula is C19H20N4O. The lowest BCUT2D eigenvalue weighted by Crippen LogP contribution is -2.49. The number of benzene rings is 1. The predicted molar refractivity (Wildman–Crippen MR) is 93.0 cm³/mol. The molecule has 3 rings (SSSR count). The van der Waals surface area contributed by atoms with E-state index in [0.29, 0.717) is 37.3 Å². The average molecular weight is 320 g/mol. The van der Waals surface area contributed by atoms with Crippen molar-refractivity contribution in [1.82, 2.24) is 9.88 Å². The summed E-state index contributed by atoms with van der Waals surface area (Å²) in [6.07, 6.45) is 0. The maximum Gasteiger partial charge on any atom is 0.253 e. The largest absolute Gasteiger partial charge is 0.352 e. The van der Waals surface area contributed by atoms with Crippen LogP contribution in [0.4, 0.5) is 5.82 Å². The number of aryl methyl sites for hydroxylation is 2. The highest BCUT2D eigenvalue weighted by atomic mass is 16.2. The molecule has 0 saturated carbocycles. The van der Waals surface area contributed by atoms with E-state index in [2.05, 4.69) is 16.0 Å². The van der Waals surface area contributed by atoms with Crippen molar-refractivity contribution in [3.8, 4) is 6.07 Å². The lowest BCUT2D eigenvalue weighted by molar-refractivity contribution is 0.0746. The fraction of sp³-hybridized carbons (Fsp3) is 0.316. The monoisotopic (exact) mass is 320 g/mol. The van der Waals surface area contributed by atoms with Gasteiger partial charge in [0.1, 0.15) is 11.9 Å². The Labute approximate surface area is 142 Å². The topological polar surface area (TPSA) is 60.2 Å². The third-order valence-electron chi connectivity index (χ3n) is 4.32. The number of piperazine rings is 1. The number of carbonyl (C=O) groups excluding carboxylic acids is 1. The number of hydrogen-bond donors (Lipinski definition) is 0. The summed E-state index contributed by atoms with van der Waals surface area (Å²) < 4.78 is 0. The number of rotatable bonds is 2. The molecule has 0 atom stereocenters. The van der Waals surface area contributed by atoms with Gasteiger partial charge in [0, 0.05) is 37.4 Å². The van der Waals surface area contributed by atoms with E-state index in [0.717, 1.165) is 17.1 Å². The smallest absolute Gasteiger partial charge is 0.253 e. The van der Waals surface area contributed by atoms with Crippen molar-refractivity contribution in [3.05, 3.63) is 58.8 Å². The number of carbonyl (C=O) groups is 1. The molecule has 0 unspecified atom stereocenters. The Balaban J connectivity index is 1.74. The predicted octanol–water partition coefficient (Wildman–Crippen LogP) is 2.53. The van der Waals surface area contributed by atoms with Crippen LogP contribution in [0.15, 0.2) is 36.4 Å². The Bertz CT molecular complexity index is 787. The van der Waals surface area contributed by atoms with E-state index in [-0.39, 0.29) is 5.91 Å². The van der Waals surface area contributed by atoms with Crippen LogP contribution < -0.4 is 4.90 Å². The van der Waals surface area contributed by atoms with Gasteiger partial charge in [-0.3, -0.25) is 4.79 Å². The van der Waals surface area contributed by atoms with Crippen LogP contribution in [-0.4, -0.2) is 42.0 Å². The molecule has 24 heavy (non-hydrogen) atoms. The normalized spacial score (nSPS) is 14.4. The van der Waals surface area contributed by atoms with Gasteiger partial charge in [-0.15, -0.1) is 0 Å². The van der Waals surface area contributed by atoms with E-state index in [1.54, 1.807) is 0 Å². The number of pyridine rings is 1. The summed E-state index contributed by atoms with van der Waals surface area (Å²) in [5.74, 6) is 0.797. The fourth-order valence-corrected chi connectivity index (χ4v) is 3.07. The molecule has 0 radical (unpaired) electrons. The average Bonchev–Trinajstić information content (AvgIpc) is 2.61. The summed E-state index contributed by atoms with van der Waals surface area (Å²) in [5.41, 5.74) is 3.20. The first-order chi connectivity index (χ1) is 11.6. The number of amides is 1. The number of anilines is 1. The highest BCUT2D eigenvalue weighted by Crippen LogP contribution is 2.23. The van der Waals surface area contributed by atoms with Crippen LogP contribution in [0.3, 0.4) is 0 Å². The van der Waals surface area contributed by atoms with E-state index in [9.17, 15) is 10.1 Å². The first kappa shape index (κ1) is 16.0. The van der Waals surface area contributed by atoms with Crippen molar-refractivity contribution in [2.45, 2.75) is 13.8 Å². The van der Waals surface area contributed by atoms with E-state index in [4.69, 9.17) is 0 Å². The number of nitrogens with zero attached hydrogens (tertiary/aromatic N) is 4. The molecule has 1 amide bonds. The second-order valence-electron chi connectivity index (χ2n) is 6.04. The Morgan fingerprint density at radius 2 is 1.79 bits per heavy atom. The second kappa shape index (κ2) is 6.71. The van der Waals surface area contributed by atoms with E-state index >= 15 is 0 Å². The molecule has 0 bridgehead atoms. The van der Waals surface area contributed by atoms with Crippen LogP contribution in [0.1, 0.15) is 27.2 Å². The molecule has 1 aromatic carbocycles. The molecule has 2 aromatic rings. The number of hydrogen-bond acceptors (Lipinski definition) is 4. The summed E-state index contributed by atoms with van der Waals surface area (Å²) in [5, 5.41) is 9.43. The van der Waals surface area contributed by atoms with Crippen LogP contribution in [0.2, 0.25) is 0 Å². The summed E-state index contributed by atoms with van der Waals surface area (Å²) in [6, 6.07) is 13.5. The van der Waals surface area contributed by atoms with Crippen LogP contribution in [0.25, 0.3) is 0 Å². The quantitative estimate of drug-likeness (QED) is 0.853. The van der Waals surface area contributed by atoms with Crippen molar-refractivity contribution in [1.29, 1.82) is 5.26 Å². The molecule has 122 valence electrons. The SMILES string of the molecule is Cc1cc(C)c(C#N)c(N2CCN(C(=O)c3ccccc3)CC2)n1. The molecule has 0 N–H and O–H groups in total. The summed E-state index contributed by atoms with van der Waals surface area (Å²) in [6.45, 7) is 6.51. The Kier molecular flexibility index (Phi) is 4.48. The Morgan fingerprint density at radius 1 is 1.12 bits per heavy atom. The molecule has 1 aliphatic heterocycles. The first-order valence-electron chi connectivity index (χ1n) is 8.08. The van der Waals surface area contributed by atoms with Gasteiger partial charge < -0.3 is 9.80 Å². The van der Waals surface area contributed by atoms with Crippen LogP contribution >= 0.6 is 0 Å². The Morgan fingerprint density at radius 3 is 2.42 bits per heavy atom. The van der Waals surface area contributed by atoms with Crippen molar-refractivity contribution in [2.24, 2.45) is 0 Å². The second-order valence-corrected chi connectivity index (χ2v) is 6.04. The lowest BCUT2D eigenvalue weighted by Gasteiger charge is -2.36. The molecule has 1 saturated heterocycles. The number of nitriles is 1. The molecule has 0 aliphatic carbocycles. The van der Waals surface area contributed by atoms with Gasteiger partial charge in [0.2, 0.25) is 0 Å². The van der Waals surface area contributed by atoms with Crippen molar-refractivity contribution in [2.75, 3.05) is 31.1 Å². The van der Waals surface area contributed by atoms with E-state index < -0.39 is 0 Å². The molecule has 1 aromatic heterocycles. The van der Waals surface area contributed by atoms with Gasteiger partial charge >= 0.3 is 0 Å². The summed E-state index contributed by atoms with van der Waals surface area (Å²) in [4.78, 5) is 21.0. The third kappa shape index (κ3) is 3.09. The minimum atomic E-state index is 0.0594. The molecule has 0 spiro atoms. The van der Waals surface area contributed by atoms with Crippen molar-refractivity contribution < 1.29 is 4.79 Å². The minimum Gasteiger partial charge on any atom is -0.352 e. The maximum atomic E-state index is 12.5. The van der Waals surface area contributed by atoms with Gasteiger partial charge in [0.15, 0.2) is 0 Å². The van der Waals surface area contributed by atoms with Crippen molar-refractivity contribution in [3.63, 3.8) is 0 Å². The van der Waals surface area contributed by atoms with Crippen molar-refractivity contribution >= 4 is 11.7 Å². The first-order valence-corrected chi connectivity index (χ1v) is 8.08. The van der Waals surface area contributed by atoms with Gasteiger partial charge in [-0.05, 0) is 37.6 Å². The number of aromatic nitrogens is 1. The molecule has 1 aliphatic rings. The standard InChI is InChI=1S/C19H20N4O/c1-14-12-15(2)21-18(17(14)13-20)22-8-10-23(11-9-22)19(24)16-6-4-3-5-7-16/h3-7,12H,8-11H2,1-2H3. The molecule has 5 heteroatoms. The van der Waals surface area contributed by atoms with Crippen LogP contribution in [0, 0.1) is 25.2 Å². The Hall–Kier alpha value is -2.87. The van der Waals surface area contributed by atoms with Gasteiger partial charge in [-0.2, -0.15) is 5.26 Å². The zero-order valence-corrected chi connectivity index (χ0v) is 14.0. The molecule has 1 fully saturated rings. The zero-order valence-electron chi connectivity index (χ0n) is 14.0. The highest BCUT2D eigenvalue weighted by molar-refractivity contribution is 5.94. The summed E-state index contributed by atoms with van der Waals surface area (Å²) >= 11 is 0. The molecular weight excluding hydrogens is 300 g/mol. The fourth-order valence-electron chi connectivity index (χ4n) is 3.07. The lowest BCUT2D eigenvalue weighted by atomic mass is 10.1. The van der Waals surface area contributed by atoms with E-state index in [1.807, 2.05) is 55.1 Å². The molecule has 5 nitrogen and oxygen atoms in total. The van der Waals surface area contributed by atoms with Gasteiger partial charge in [0.25, 0.3) is 5.91 Å². The van der Waals surface area contributed by atoms with Gasteiger partial charge in [0.05, 0.1) is 5.56 Å². The van der Waals surface area contributed by atoms with Crippen LogP contribution in [0.5, 0.6) is 0 Å². The minimum absolute atomic E-state index is 0.0594. The third-order valence-corrected chi connectivity index (χ3v) is 4.32.